The molecular formula is C13H8Cl4N2O3S. The van der Waals surface area contributed by atoms with Crippen LogP contribution in [0.15, 0.2) is 41.3 Å². The van der Waals surface area contributed by atoms with Crippen molar-refractivity contribution in [1.82, 2.24) is 0 Å². The van der Waals surface area contributed by atoms with Crippen molar-refractivity contribution in [2.45, 2.75) is 4.90 Å². The minimum Gasteiger partial charge on any atom is -0.308 e. The second kappa shape index (κ2) is 7.15. The first kappa shape index (κ1) is 18.2. The number of halogens is 4. The van der Waals surface area contributed by atoms with Crippen LogP contribution in [0.3, 0.4) is 0 Å². The van der Waals surface area contributed by atoms with Gasteiger partial charge in [-0.3, -0.25) is 0 Å². The summed E-state index contributed by atoms with van der Waals surface area (Å²) in [6.45, 7) is 0. The van der Waals surface area contributed by atoms with Gasteiger partial charge >= 0.3 is 6.03 Å². The Hall–Kier alpha value is -1.18. The van der Waals surface area contributed by atoms with Gasteiger partial charge in [-0.05, 0) is 36.4 Å². The number of rotatable bonds is 3. The molecule has 10 heteroatoms. The van der Waals surface area contributed by atoms with Gasteiger partial charge in [0.05, 0.1) is 15.6 Å². The van der Waals surface area contributed by atoms with Crippen LogP contribution in [0.5, 0.6) is 0 Å². The maximum atomic E-state index is 11.9. The summed E-state index contributed by atoms with van der Waals surface area (Å²) in [5.41, 5.74) is 0.595. The molecule has 0 atom stereocenters. The summed E-state index contributed by atoms with van der Waals surface area (Å²) in [4.78, 5) is 11.8. The Labute approximate surface area is 151 Å². The number of carbonyl (C=O) groups excluding carboxylic acids is 1. The van der Waals surface area contributed by atoms with Gasteiger partial charge in [-0.2, -0.15) is 0 Å². The fraction of sp³-hybridized carbons (Fsp3) is 0. The second-order valence-electron chi connectivity index (χ2n) is 4.32. The molecule has 0 spiro atoms. The lowest BCUT2D eigenvalue weighted by Crippen LogP contribution is -2.19. The highest BCUT2D eigenvalue weighted by Gasteiger charge is 2.13. The van der Waals surface area contributed by atoms with Crippen molar-refractivity contribution in [3.05, 3.63) is 51.5 Å². The first-order valence-electron chi connectivity index (χ1n) is 5.93. The highest BCUT2D eigenvalue weighted by atomic mass is 35.7. The highest BCUT2D eigenvalue weighted by Crippen LogP contribution is 2.27. The van der Waals surface area contributed by atoms with Crippen LogP contribution < -0.4 is 10.6 Å². The highest BCUT2D eigenvalue weighted by molar-refractivity contribution is 8.13. The van der Waals surface area contributed by atoms with Crippen molar-refractivity contribution in [3.8, 4) is 0 Å². The van der Waals surface area contributed by atoms with Crippen molar-refractivity contribution in [2.75, 3.05) is 10.6 Å². The van der Waals surface area contributed by atoms with E-state index in [1.54, 1.807) is 0 Å². The molecule has 0 aliphatic heterocycles. The van der Waals surface area contributed by atoms with Gasteiger partial charge in [0.15, 0.2) is 0 Å². The molecule has 0 aromatic heterocycles. The molecule has 2 rings (SSSR count). The van der Waals surface area contributed by atoms with Crippen LogP contribution in [0.25, 0.3) is 0 Å². The average Bonchev–Trinajstić information content (AvgIpc) is 2.38. The Morgan fingerprint density at radius 1 is 0.913 bits per heavy atom. The maximum Gasteiger partial charge on any atom is 0.323 e. The minimum absolute atomic E-state index is 0.0194. The third-order valence-electron chi connectivity index (χ3n) is 2.59. The lowest BCUT2D eigenvalue weighted by molar-refractivity contribution is 0.262. The second-order valence-corrected chi connectivity index (χ2v) is 8.16. The quantitative estimate of drug-likeness (QED) is 0.677. The van der Waals surface area contributed by atoms with E-state index in [2.05, 4.69) is 10.6 Å². The van der Waals surface area contributed by atoms with Crippen molar-refractivity contribution in [2.24, 2.45) is 0 Å². The van der Waals surface area contributed by atoms with Crippen LogP contribution in [-0.2, 0) is 9.05 Å². The molecule has 2 aromatic rings. The Morgan fingerprint density at radius 3 is 2.04 bits per heavy atom. The zero-order chi connectivity index (χ0) is 17.2. The van der Waals surface area contributed by atoms with Crippen molar-refractivity contribution in [1.29, 1.82) is 0 Å². The first-order chi connectivity index (χ1) is 10.6. The number of nitrogens with one attached hydrogen (secondary N) is 2. The average molecular weight is 414 g/mol. The molecule has 0 aliphatic rings. The van der Waals surface area contributed by atoms with Crippen molar-refractivity contribution < 1.29 is 13.2 Å². The lowest BCUT2D eigenvalue weighted by Gasteiger charge is -2.10. The predicted molar refractivity (Wildman–Crippen MR) is 93.6 cm³/mol. The van der Waals surface area contributed by atoms with Crippen LogP contribution >= 0.6 is 45.5 Å². The summed E-state index contributed by atoms with van der Waals surface area (Å²) in [7, 11) is 1.32. The van der Waals surface area contributed by atoms with E-state index >= 15 is 0 Å². The van der Waals surface area contributed by atoms with Crippen molar-refractivity contribution >= 4 is 71.9 Å². The molecule has 23 heavy (non-hydrogen) atoms. The van der Waals surface area contributed by atoms with Crippen molar-refractivity contribution in [3.63, 3.8) is 0 Å². The van der Waals surface area contributed by atoms with Crippen LogP contribution in [-0.4, -0.2) is 14.4 Å². The SMILES string of the molecule is O=C(Nc1cc(Cl)cc(Cl)c1)Nc1ccc(S(=O)(=O)Cl)cc1Cl. The monoisotopic (exact) mass is 412 g/mol. The van der Waals surface area contributed by atoms with Gasteiger partial charge in [0, 0.05) is 26.4 Å². The molecule has 0 heterocycles. The van der Waals surface area contributed by atoms with Gasteiger partial charge in [-0.15, -0.1) is 0 Å². The maximum absolute atomic E-state index is 11.9. The number of hydrogen-bond acceptors (Lipinski definition) is 3. The summed E-state index contributed by atoms with van der Waals surface area (Å²) >= 11 is 17.6. The molecular weight excluding hydrogens is 406 g/mol. The molecule has 2 aromatic carbocycles. The normalized spacial score (nSPS) is 11.1. The van der Waals surface area contributed by atoms with E-state index in [-0.39, 0.29) is 15.6 Å². The Kier molecular flexibility index (Phi) is 5.65. The molecule has 2 N–H and O–H groups in total. The predicted octanol–water partition coefficient (Wildman–Crippen LogP) is 5.22. The summed E-state index contributed by atoms with van der Waals surface area (Å²) < 4.78 is 22.4. The summed E-state index contributed by atoms with van der Waals surface area (Å²) in [6, 6.07) is 7.62. The standard InChI is InChI=1S/C13H8Cl4N2O3S/c14-7-3-8(15)5-9(4-7)18-13(20)19-12-2-1-10(6-11(12)16)23(17,21)22/h1-6H,(H2,18,19,20). The van der Waals surface area contributed by atoms with Crippen LogP contribution in [0.2, 0.25) is 15.1 Å². The largest absolute Gasteiger partial charge is 0.323 e. The Morgan fingerprint density at radius 2 is 1.52 bits per heavy atom. The number of urea groups is 1. The molecule has 122 valence electrons. The van der Waals surface area contributed by atoms with E-state index in [0.717, 1.165) is 6.07 Å². The molecule has 5 nitrogen and oxygen atoms in total. The summed E-state index contributed by atoms with van der Waals surface area (Å²) in [5, 5.41) is 5.74. The number of anilines is 2. The van der Waals surface area contributed by atoms with Crippen LogP contribution in [0.4, 0.5) is 16.2 Å². The smallest absolute Gasteiger partial charge is 0.308 e. The van der Waals surface area contributed by atoms with E-state index in [0.29, 0.717) is 15.7 Å². The van der Waals surface area contributed by atoms with Gasteiger partial charge in [0.2, 0.25) is 0 Å². The number of carbonyl (C=O) groups is 1. The van der Waals surface area contributed by atoms with Crippen LogP contribution in [0, 0.1) is 0 Å². The van der Waals surface area contributed by atoms with E-state index in [4.69, 9.17) is 45.5 Å². The van der Waals surface area contributed by atoms with Crippen LogP contribution in [0.1, 0.15) is 0 Å². The van der Waals surface area contributed by atoms with Gasteiger partial charge in [-0.25, -0.2) is 13.2 Å². The molecule has 0 saturated carbocycles. The number of hydrogen-bond donors (Lipinski definition) is 2. The Balaban J connectivity index is 2.14. The topological polar surface area (TPSA) is 75.3 Å². The fourth-order valence-corrected chi connectivity index (χ4v) is 3.26. The van der Waals surface area contributed by atoms with Gasteiger partial charge in [0.25, 0.3) is 9.05 Å². The van der Waals surface area contributed by atoms with E-state index in [9.17, 15) is 13.2 Å². The van der Waals surface area contributed by atoms with E-state index < -0.39 is 15.1 Å². The summed E-state index contributed by atoms with van der Waals surface area (Å²) in [5.74, 6) is 0. The Bertz CT molecular complexity index is 851. The van der Waals surface area contributed by atoms with Gasteiger partial charge < -0.3 is 10.6 Å². The third kappa shape index (κ3) is 5.16. The van der Waals surface area contributed by atoms with E-state index in [1.807, 2.05) is 0 Å². The first-order valence-corrected chi connectivity index (χ1v) is 9.38. The lowest BCUT2D eigenvalue weighted by atomic mass is 10.3. The number of amides is 2. The fourth-order valence-electron chi connectivity index (χ4n) is 1.66. The molecule has 2 amide bonds. The molecule has 0 fully saturated rings. The number of benzene rings is 2. The molecule has 0 saturated heterocycles. The molecule has 0 bridgehead atoms. The van der Waals surface area contributed by atoms with Gasteiger partial charge in [-0.1, -0.05) is 34.8 Å². The summed E-state index contributed by atoms with van der Waals surface area (Å²) in [6.07, 6.45) is 0. The van der Waals surface area contributed by atoms with E-state index in [1.165, 1.54) is 30.3 Å². The molecule has 0 aliphatic carbocycles. The zero-order valence-electron chi connectivity index (χ0n) is 11.1. The minimum atomic E-state index is -3.90. The van der Waals surface area contributed by atoms with Gasteiger partial charge in [0.1, 0.15) is 0 Å². The third-order valence-corrected chi connectivity index (χ3v) is 4.69. The zero-order valence-corrected chi connectivity index (χ0v) is 14.9. The molecule has 0 unspecified atom stereocenters. The molecule has 0 radical (unpaired) electrons.